The van der Waals surface area contributed by atoms with Crippen LogP contribution in [0.1, 0.15) is 17.3 Å². The van der Waals surface area contributed by atoms with Crippen LogP contribution in [-0.4, -0.2) is 94.3 Å². The van der Waals surface area contributed by atoms with E-state index >= 15 is 0 Å². The number of anilines is 1. The molecule has 1 aliphatic heterocycles. The molecule has 3 rings (SSSR count). The van der Waals surface area contributed by atoms with Gasteiger partial charge in [0.2, 0.25) is 5.91 Å². The van der Waals surface area contributed by atoms with Crippen LogP contribution in [-0.2, 0) is 29.5 Å². The summed E-state index contributed by atoms with van der Waals surface area (Å²) in [4.78, 5) is 45.5. The third-order valence-corrected chi connectivity index (χ3v) is 6.47. The van der Waals surface area contributed by atoms with Gasteiger partial charge in [-0.15, -0.1) is 22.9 Å². The topological polar surface area (TPSA) is 167 Å². The number of carbonyl (C=O) groups excluding carboxylic acids is 3. The number of halogens is 2. The Morgan fingerprint density at radius 2 is 1.97 bits per heavy atom. The van der Waals surface area contributed by atoms with Crippen LogP contribution in [0, 0.1) is 0 Å². The van der Waals surface area contributed by atoms with Crippen molar-refractivity contribution in [2.45, 2.75) is 12.1 Å². The van der Waals surface area contributed by atoms with E-state index in [4.69, 9.17) is 23.2 Å². The fraction of sp³-hybridized carbons (Fsp3) is 0.235. The number of β-lactam (4-membered cyclic amide) rings is 1. The molecule has 1 fully saturated rings. The summed E-state index contributed by atoms with van der Waals surface area (Å²) in [7, 11) is -3.72. The van der Waals surface area contributed by atoms with Gasteiger partial charge in [0.05, 0.1) is 0 Å². The van der Waals surface area contributed by atoms with Gasteiger partial charge < -0.3 is 15.5 Å². The molecule has 1 aliphatic rings. The Hall–Kier alpha value is -1.78. The maximum atomic E-state index is 12.9. The van der Waals surface area contributed by atoms with Gasteiger partial charge in [-0.3, -0.25) is 18.9 Å². The summed E-state index contributed by atoms with van der Waals surface area (Å²) in [6.45, 7) is 0. The average Bonchev–Trinajstić information content (AvgIpc) is 3.21. The molecule has 2 heterocycles. The number of benzene rings is 1. The molecular formula is C17H16Cl2N5NaO7S2. The molecule has 2 aromatic rings. The molecule has 1 aromatic carbocycles. The van der Waals surface area contributed by atoms with E-state index in [1.54, 1.807) is 0 Å². The van der Waals surface area contributed by atoms with Gasteiger partial charge in [-0.05, 0) is 17.7 Å². The second kappa shape index (κ2) is 11.8. The number of thiazole rings is 1. The first-order valence-electron chi connectivity index (χ1n) is 8.86. The fourth-order valence-electron chi connectivity index (χ4n) is 2.95. The number of nitrogens with zero attached hydrogens (tertiary/aromatic N) is 3. The van der Waals surface area contributed by atoms with E-state index in [0.717, 1.165) is 11.3 Å². The SMILES string of the molecule is CO/N=C(\C(=O)NC1C(=O)N(S(=O)(=O)O)C1c1ccc(Cl)cc1)c1csc(NC(=O)CCl)n1.[NaH]. The molecule has 34 heavy (non-hydrogen) atoms. The summed E-state index contributed by atoms with van der Waals surface area (Å²) in [6, 6.07) is 3.25. The Kier molecular flexibility index (Phi) is 9.85. The summed E-state index contributed by atoms with van der Waals surface area (Å²) in [5.74, 6) is -2.78. The first-order chi connectivity index (χ1) is 15.6. The second-order valence-electron chi connectivity index (χ2n) is 6.40. The third-order valence-electron chi connectivity index (χ3n) is 4.31. The quantitative estimate of drug-likeness (QED) is 0.105. The van der Waals surface area contributed by atoms with Crippen LogP contribution in [0.4, 0.5) is 5.13 Å². The number of nitrogens with one attached hydrogen (secondary N) is 2. The zero-order valence-corrected chi connectivity index (χ0v) is 19.7. The monoisotopic (exact) mass is 559 g/mol. The van der Waals surface area contributed by atoms with Crippen molar-refractivity contribution in [2.24, 2.45) is 5.16 Å². The Bertz CT molecular complexity index is 1220. The van der Waals surface area contributed by atoms with Gasteiger partial charge in [-0.1, -0.05) is 28.9 Å². The summed E-state index contributed by atoms with van der Waals surface area (Å²) in [5.41, 5.74) is -0.0226. The number of carbonyl (C=O) groups is 3. The van der Waals surface area contributed by atoms with Gasteiger partial charge >= 0.3 is 39.9 Å². The predicted molar refractivity (Wildman–Crippen MR) is 127 cm³/mol. The van der Waals surface area contributed by atoms with Crippen LogP contribution < -0.4 is 10.6 Å². The summed E-state index contributed by atoms with van der Waals surface area (Å²) in [5, 5.41) is 10.3. The van der Waals surface area contributed by atoms with E-state index in [0.29, 0.717) is 10.6 Å². The van der Waals surface area contributed by atoms with Crippen molar-refractivity contribution in [3.63, 3.8) is 0 Å². The molecule has 3 amide bonds. The molecule has 0 saturated carbocycles. The summed E-state index contributed by atoms with van der Waals surface area (Å²) in [6.07, 6.45) is 0. The molecular weight excluding hydrogens is 544 g/mol. The van der Waals surface area contributed by atoms with Crippen molar-refractivity contribution in [3.05, 3.63) is 45.9 Å². The number of amides is 3. The predicted octanol–water partition coefficient (Wildman–Crippen LogP) is 0.547. The van der Waals surface area contributed by atoms with Crippen LogP contribution in [0.25, 0.3) is 0 Å². The Balaban J connectivity index is 0.00000408. The molecule has 0 radical (unpaired) electrons. The van der Waals surface area contributed by atoms with Crippen LogP contribution in [0.15, 0.2) is 34.8 Å². The number of hydrogen-bond acceptors (Lipinski definition) is 9. The first kappa shape index (κ1) is 28.5. The number of alkyl halides is 1. The number of oxime groups is 1. The molecule has 2 unspecified atom stereocenters. The van der Waals surface area contributed by atoms with Gasteiger partial charge in [-0.25, -0.2) is 9.29 Å². The molecule has 0 spiro atoms. The fourth-order valence-corrected chi connectivity index (χ4v) is 4.72. The van der Waals surface area contributed by atoms with Crippen molar-refractivity contribution in [2.75, 3.05) is 18.3 Å². The molecule has 12 nitrogen and oxygen atoms in total. The molecule has 1 aromatic heterocycles. The number of hydrogen-bond donors (Lipinski definition) is 3. The normalized spacial score (nSPS) is 17.9. The molecule has 0 aliphatic carbocycles. The van der Waals surface area contributed by atoms with Gasteiger partial charge in [-0.2, -0.15) is 8.42 Å². The van der Waals surface area contributed by atoms with E-state index in [9.17, 15) is 27.4 Å². The van der Waals surface area contributed by atoms with E-state index in [2.05, 4.69) is 25.6 Å². The van der Waals surface area contributed by atoms with Crippen molar-refractivity contribution < 1.29 is 32.2 Å². The molecule has 178 valence electrons. The summed E-state index contributed by atoms with van der Waals surface area (Å²) >= 11 is 12.3. The maximum absolute atomic E-state index is 12.9. The Labute approximate surface area is 229 Å². The van der Waals surface area contributed by atoms with Gasteiger partial charge in [0, 0.05) is 10.4 Å². The standard InChI is InChI=1S/C17H15Cl2N5O7S2.Na.H/c1-31-23-12(10-7-32-17(20-10)21-11(25)6-18)15(26)22-13-14(8-2-4-9(19)5-3-8)24(16(13)27)33(28,29)30;;/h2-5,7,13-14H,6H2,1H3,(H,22,26)(H,20,21,25)(H,28,29,30);;/b23-12-;;. The van der Waals surface area contributed by atoms with Gasteiger partial charge in [0.15, 0.2) is 10.8 Å². The minimum atomic E-state index is -4.90. The Morgan fingerprint density at radius 3 is 2.53 bits per heavy atom. The minimum absolute atomic E-state index is 0. The first-order valence-corrected chi connectivity index (χ1v) is 12.1. The Morgan fingerprint density at radius 1 is 1.32 bits per heavy atom. The van der Waals surface area contributed by atoms with Gasteiger partial charge in [0.1, 0.15) is 30.8 Å². The average molecular weight is 560 g/mol. The van der Waals surface area contributed by atoms with Crippen LogP contribution >= 0.6 is 34.5 Å². The van der Waals surface area contributed by atoms with Crippen LogP contribution in [0.3, 0.4) is 0 Å². The third kappa shape index (κ3) is 6.26. The molecule has 0 bridgehead atoms. The van der Waals surface area contributed by atoms with Crippen LogP contribution in [0.5, 0.6) is 0 Å². The zero-order valence-electron chi connectivity index (χ0n) is 16.6. The zero-order chi connectivity index (χ0) is 24.3. The molecule has 17 heteroatoms. The van der Waals surface area contributed by atoms with Crippen LogP contribution in [0.2, 0.25) is 5.02 Å². The number of aromatic nitrogens is 1. The van der Waals surface area contributed by atoms with E-state index in [1.165, 1.54) is 36.8 Å². The number of rotatable bonds is 8. The van der Waals surface area contributed by atoms with Crippen molar-refractivity contribution in [1.82, 2.24) is 14.6 Å². The van der Waals surface area contributed by atoms with Gasteiger partial charge in [0.25, 0.3) is 11.8 Å². The van der Waals surface area contributed by atoms with E-state index < -0.39 is 40.1 Å². The van der Waals surface area contributed by atoms with Crippen molar-refractivity contribution in [1.29, 1.82) is 0 Å². The molecule has 3 N–H and O–H groups in total. The van der Waals surface area contributed by atoms with E-state index in [1.807, 2.05) is 0 Å². The van der Waals surface area contributed by atoms with E-state index in [-0.39, 0.29) is 56.3 Å². The second-order valence-corrected chi connectivity index (χ2v) is 9.25. The molecule has 2 atom stereocenters. The summed E-state index contributed by atoms with van der Waals surface area (Å²) < 4.78 is 33.1. The van der Waals surface area contributed by atoms with Crippen molar-refractivity contribution in [3.8, 4) is 0 Å². The molecule has 1 saturated heterocycles. The van der Waals surface area contributed by atoms with Crippen molar-refractivity contribution >= 4 is 103 Å².